The first kappa shape index (κ1) is 20.6. The van der Waals surface area contributed by atoms with Gasteiger partial charge < -0.3 is 19.5 Å². The van der Waals surface area contributed by atoms with Crippen molar-refractivity contribution in [3.63, 3.8) is 0 Å². The SMILES string of the molecule is COc1ccc(C(C)NC(=O)C(C)Oc2ccccc2C(C)C)cc1OC. The van der Waals surface area contributed by atoms with Gasteiger partial charge in [0.25, 0.3) is 5.91 Å². The van der Waals surface area contributed by atoms with Crippen LogP contribution in [0.4, 0.5) is 0 Å². The standard InChI is InChI=1S/C22H29NO4/c1-14(2)18-9-7-8-10-19(18)27-16(4)22(24)23-15(3)17-11-12-20(25-5)21(13-17)26-6/h7-16H,1-6H3,(H,23,24). The van der Waals surface area contributed by atoms with E-state index in [2.05, 4.69) is 19.2 Å². The number of amides is 1. The fourth-order valence-electron chi connectivity index (χ4n) is 2.85. The largest absolute Gasteiger partial charge is 0.493 e. The lowest BCUT2D eigenvalue weighted by Crippen LogP contribution is -2.37. The van der Waals surface area contributed by atoms with Gasteiger partial charge in [-0.05, 0) is 49.1 Å². The summed E-state index contributed by atoms with van der Waals surface area (Å²) in [6.45, 7) is 7.89. The lowest BCUT2D eigenvalue weighted by atomic mass is 10.0. The first-order valence-electron chi connectivity index (χ1n) is 9.15. The molecule has 27 heavy (non-hydrogen) atoms. The van der Waals surface area contributed by atoms with Crippen LogP contribution in [0.2, 0.25) is 0 Å². The number of benzene rings is 2. The highest BCUT2D eigenvalue weighted by molar-refractivity contribution is 5.81. The second kappa shape index (κ2) is 9.31. The molecule has 2 aromatic carbocycles. The van der Waals surface area contributed by atoms with E-state index >= 15 is 0 Å². The molecule has 2 atom stereocenters. The average molecular weight is 371 g/mol. The predicted molar refractivity (Wildman–Crippen MR) is 107 cm³/mol. The molecule has 2 aromatic rings. The number of ether oxygens (including phenoxy) is 3. The number of hydrogen-bond donors (Lipinski definition) is 1. The Balaban J connectivity index is 2.06. The van der Waals surface area contributed by atoms with Crippen LogP contribution in [0.15, 0.2) is 42.5 Å². The molecule has 5 heteroatoms. The zero-order valence-electron chi connectivity index (χ0n) is 16.9. The van der Waals surface area contributed by atoms with Crippen molar-refractivity contribution >= 4 is 5.91 Å². The van der Waals surface area contributed by atoms with Crippen LogP contribution in [-0.2, 0) is 4.79 Å². The van der Waals surface area contributed by atoms with Gasteiger partial charge >= 0.3 is 0 Å². The fraction of sp³-hybridized carbons (Fsp3) is 0.409. The van der Waals surface area contributed by atoms with Crippen LogP contribution in [-0.4, -0.2) is 26.2 Å². The van der Waals surface area contributed by atoms with Gasteiger partial charge in [0.05, 0.1) is 20.3 Å². The molecular weight excluding hydrogens is 342 g/mol. The summed E-state index contributed by atoms with van der Waals surface area (Å²) in [6, 6.07) is 13.2. The van der Waals surface area contributed by atoms with Gasteiger partial charge in [-0.2, -0.15) is 0 Å². The Morgan fingerprint density at radius 1 is 0.889 bits per heavy atom. The summed E-state index contributed by atoms with van der Waals surface area (Å²) >= 11 is 0. The van der Waals surface area contributed by atoms with E-state index in [1.54, 1.807) is 21.1 Å². The third-order valence-corrected chi connectivity index (χ3v) is 4.48. The number of rotatable bonds is 8. The van der Waals surface area contributed by atoms with E-state index in [0.717, 1.165) is 16.9 Å². The smallest absolute Gasteiger partial charge is 0.261 e. The topological polar surface area (TPSA) is 56.8 Å². The number of carbonyl (C=O) groups excluding carboxylic acids is 1. The van der Waals surface area contributed by atoms with Crippen molar-refractivity contribution in [3.8, 4) is 17.2 Å². The molecule has 0 aliphatic carbocycles. The maximum Gasteiger partial charge on any atom is 0.261 e. The van der Waals surface area contributed by atoms with Gasteiger partial charge in [0.15, 0.2) is 17.6 Å². The highest BCUT2D eigenvalue weighted by atomic mass is 16.5. The van der Waals surface area contributed by atoms with E-state index < -0.39 is 6.10 Å². The summed E-state index contributed by atoms with van der Waals surface area (Å²) in [4.78, 5) is 12.6. The van der Waals surface area contributed by atoms with Crippen LogP contribution in [0.1, 0.15) is 50.8 Å². The Kier molecular flexibility index (Phi) is 7.11. The Bertz CT molecular complexity index is 773. The van der Waals surface area contributed by atoms with Gasteiger partial charge in [0, 0.05) is 0 Å². The van der Waals surface area contributed by atoms with Crippen LogP contribution < -0.4 is 19.5 Å². The van der Waals surface area contributed by atoms with Gasteiger partial charge in [-0.1, -0.05) is 38.1 Å². The summed E-state index contributed by atoms with van der Waals surface area (Å²) in [7, 11) is 3.18. The molecule has 2 unspecified atom stereocenters. The third kappa shape index (κ3) is 5.16. The Morgan fingerprint density at radius 3 is 2.19 bits per heavy atom. The van der Waals surface area contributed by atoms with Gasteiger partial charge in [-0.3, -0.25) is 4.79 Å². The average Bonchev–Trinajstić information content (AvgIpc) is 2.67. The van der Waals surface area contributed by atoms with Gasteiger partial charge in [0.2, 0.25) is 0 Å². The van der Waals surface area contributed by atoms with E-state index in [0.29, 0.717) is 17.4 Å². The highest BCUT2D eigenvalue weighted by Crippen LogP contribution is 2.30. The summed E-state index contributed by atoms with van der Waals surface area (Å²) in [6.07, 6.45) is -0.604. The van der Waals surface area contributed by atoms with Gasteiger partial charge in [0.1, 0.15) is 5.75 Å². The monoisotopic (exact) mass is 371 g/mol. The normalized spacial score (nSPS) is 13.0. The number of hydrogen-bond acceptors (Lipinski definition) is 4. The van der Waals surface area contributed by atoms with Crippen molar-refractivity contribution in [1.29, 1.82) is 0 Å². The van der Waals surface area contributed by atoms with Crippen molar-refractivity contribution in [2.24, 2.45) is 0 Å². The quantitative estimate of drug-likeness (QED) is 0.744. The molecule has 1 amide bonds. The van der Waals surface area contributed by atoms with Crippen LogP contribution in [0.25, 0.3) is 0 Å². The molecule has 0 radical (unpaired) electrons. The van der Waals surface area contributed by atoms with Crippen LogP contribution in [0, 0.1) is 0 Å². The van der Waals surface area contributed by atoms with E-state index in [9.17, 15) is 4.79 Å². The highest BCUT2D eigenvalue weighted by Gasteiger charge is 2.20. The third-order valence-electron chi connectivity index (χ3n) is 4.48. The molecule has 1 N–H and O–H groups in total. The van der Waals surface area contributed by atoms with Crippen molar-refractivity contribution < 1.29 is 19.0 Å². The summed E-state index contributed by atoms with van der Waals surface area (Å²) in [5, 5.41) is 2.99. The summed E-state index contributed by atoms with van der Waals surface area (Å²) < 4.78 is 16.5. The lowest BCUT2D eigenvalue weighted by molar-refractivity contribution is -0.127. The maximum absolute atomic E-state index is 12.6. The molecule has 0 fully saturated rings. The molecule has 0 saturated carbocycles. The van der Waals surface area contributed by atoms with Crippen LogP contribution in [0.5, 0.6) is 17.2 Å². The number of carbonyl (C=O) groups is 1. The summed E-state index contributed by atoms with van der Waals surface area (Å²) in [5.74, 6) is 2.18. The maximum atomic E-state index is 12.6. The van der Waals surface area contributed by atoms with Crippen LogP contribution >= 0.6 is 0 Å². The molecule has 0 saturated heterocycles. The first-order valence-corrected chi connectivity index (χ1v) is 9.15. The minimum atomic E-state index is -0.604. The van der Waals surface area contributed by atoms with E-state index in [-0.39, 0.29) is 11.9 Å². The second-order valence-corrected chi connectivity index (χ2v) is 6.80. The van der Waals surface area contributed by atoms with Crippen molar-refractivity contribution in [2.75, 3.05) is 14.2 Å². The molecule has 0 aliphatic rings. The van der Waals surface area contributed by atoms with Crippen LogP contribution in [0.3, 0.4) is 0 Å². The molecule has 5 nitrogen and oxygen atoms in total. The molecule has 0 aromatic heterocycles. The molecular formula is C22H29NO4. The first-order chi connectivity index (χ1) is 12.9. The minimum absolute atomic E-state index is 0.171. The van der Waals surface area contributed by atoms with E-state index in [1.165, 1.54) is 0 Å². The predicted octanol–water partition coefficient (Wildman–Crippen LogP) is 4.47. The van der Waals surface area contributed by atoms with Crippen molar-refractivity contribution in [1.82, 2.24) is 5.32 Å². The molecule has 0 spiro atoms. The molecule has 146 valence electrons. The second-order valence-electron chi connectivity index (χ2n) is 6.80. The van der Waals surface area contributed by atoms with Gasteiger partial charge in [-0.25, -0.2) is 0 Å². The van der Waals surface area contributed by atoms with Gasteiger partial charge in [-0.15, -0.1) is 0 Å². The Labute approximate surface area is 161 Å². The lowest BCUT2D eigenvalue weighted by Gasteiger charge is -2.21. The fourth-order valence-corrected chi connectivity index (χ4v) is 2.85. The van der Waals surface area contributed by atoms with E-state index in [1.807, 2.05) is 49.4 Å². The zero-order valence-corrected chi connectivity index (χ0v) is 16.9. The van der Waals surface area contributed by atoms with Crippen molar-refractivity contribution in [2.45, 2.75) is 45.8 Å². The molecule has 0 bridgehead atoms. The molecule has 2 rings (SSSR count). The summed E-state index contributed by atoms with van der Waals surface area (Å²) in [5.41, 5.74) is 2.01. The number of para-hydroxylation sites is 1. The van der Waals surface area contributed by atoms with E-state index in [4.69, 9.17) is 14.2 Å². The number of nitrogens with one attached hydrogen (secondary N) is 1. The minimum Gasteiger partial charge on any atom is -0.493 e. The molecule has 0 aliphatic heterocycles. The Hall–Kier alpha value is -2.69. The van der Waals surface area contributed by atoms with Crippen molar-refractivity contribution in [3.05, 3.63) is 53.6 Å². The Morgan fingerprint density at radius 2 is 1.56 bits per heavy atom. The number of methoxy groups -OCH3 is 2. The zero-order chi connectivity index (χ0) is 20.0. The molecule has 0 heterocycles.